The third kappa shape index (κ3) is 3.71. The molecule has 0 spiro atoms. The highest BCUT2D eigenvalue weighted by Gasteiger charge is 2.20. The summed E-state index contributed by atoms with van der Waals surface area (Å²) in [7, 11) is 0. The van der Waals surface area contributed by atoms with Crippen LogP contribution >= 0.6 is 0 Å². The first kappa shape index (κ1) is 17.7. The Morgan fingerprint density at radius 2 is 1.32 bits per heavy atom. The summed E-state index contributed by atoms with van der Waals surface area (Å²) in [6.07, 6.45) is 0.347. The molecule has 0 saturated carbocycles. The van der Waals surface area contributed by atoms with E-state index in [9.17, 15) is 9.59 Å². The van der Waals surface area contributed by atoms with Crippen molar-refractivity contribution in [1.29, 1.82) is 0 Å². The predicted molar refractivity (Wildman–Crippen MR) is 112 cm³/mol. The maximum absolute atomic E-state index is 12.7. The lowest BCUT2D eigenvalue weighted by atomic mass is 10.0. The van der Waals surface area contributed by atoms with E-state index in [-0.39, 0.29) is 5.91 Å². The Balaban J connectivity index is 1.55. The Bertz CT molecular complexity index is 1180. The lowest BCUT2D eigenvalue weighted by molar-refractivity contribution is -0.119. The number of hydrogen-bond acceptors (Lipinski definition) is 2. The summed E-state index contributed by atoms with van der Waals surface area (Å²) >= 11 is 0. The van der Waals surface area contributed by atoms with Crippen LogP contribution in [-0.4, -0.2) is 17.9 Å². The minimum Gasteiger partial charge on any atom is -0.368 e. The summed E-state index contributed by atoms with van der Waals surface area (Å²) < 4.78 is 0. The van der Waals surface area contributed by atoms with Crippen molar-refractivity contribution in [3.8, 4) is 0 Å². The average Bonchev–Trinajstić information content (AvgIpc) is 2.72. The second kappa shape index (κ2) is 7.53. The fourth-order valence-corrected chi connectivity index (χ4v) is 3.40. The Morgan fingerprint density at radius 3 is 1.96 bits per heavy atom. The van der Waals surface area contributed by atoms with Gasteiger partial charge in [-0.05, 0) is 39.2 Å². The van der Waals surface area contributed by atoms with E-state index in [1.165, 1.54) is 0 Å². The van der Waals surface area contributed by atoms with E-state index < -0.39 is 11.9 Å². The summed E-state index contributed by atoms with van der Waals surface area (Å²) in [6.45, 7) is 0. The molecule has 4 rings (SSSR count). The topological polar surface area (TPSA) is 72.2 Å². The smallest absolute Gasteiger partial charge is 0.251 e. The highest BCUT2D eigenvalue weighted by Crippen LogP contribution is 2.18. The molecule has 4 heteroatoms. The van der Waals surface area contributed by atoms with Crippen LogP contribution in [0.2, 0.25) is 0 Å². The second-order valence-corrected chi connectivity index (χ2v) is 6.88. The van der Waals surface area contributed by atoms with Gasteiger partial charge in [-0.2, -0.15) is 0 Å². The Morgan fingerprint density at radius 1 is 0.750 bits per heavy atom. The number of amides is 2. The lowest BCUT2D eigenvalue weighted by Crippen LogP contribution is -2.45. The number of fused-ring (bicyclic) bond motifs is 2. The molecule has 1 atom stereocenters. The molecule has 0 heterocycles. The summed E-state index contributed by atoms with van der Waals surface area (Å²) in [4.78, 5) is 24.6. The molecule has 4 aromatic carbocycles. The molecule has 0 aliphatic heterocycles. The van der Waals surface area contributed by atoms with Crippen molar-refractivity contribution in [2.75, 3.05) is 0 Å². The minimum atomic E-state index is -0.778. The van der Waals surface area contributed by atoms with Crippen molar-refractivity contribution < 1.29 is 9.59 Å². The number of benzene rings is 4. The van der Waals surface area contributed by atoms with Gasteiger partial charge < -0.3 is 11.1 Å². The molecule has 0 saturated heterocycles. The first-order valence-electron chi connectivity index (χ1n) is 9.17. The largest absolute Gasteiger partial charge is 0.368 e. The molecule has 0 aromatic heterocycles. The number of nitrogens with one attached hydrogen (secondary N) is 1. The van der Waals surface area contributed by atoms with Gasteiger partial charge in [0.2, 0.25) is 5.91 Å². The van der Waals surface area contributed by atoms with E-state index in [2.05, 4.69) is 5.32 Å². The fourth-order valence-electron chi connectivity index (χ4n) is 3.40. The highest BCUT2D eigenvalue weighted by atomic mass is 16.2. The zero-order valence-corrected chi connectivity index (χ0v) is 15.3. The number of carbonyl (C=O) groups excluding carboxylic acids is 2. The van der Waals surface area contributed by atoms with Crippen molar-refractivity contribution in [3.05, 3.63) is 96.1 Å². The van der Waals surface area contributed by atoms with Crippen LogP contribution in [0.3, 0.4) is 0 Å². The third-order valence-electron chi connectivity index (χ3n) is 4.91. The third-order valence-corrected chi connectivity index (χ3v) is 4.91. The molecule has 4 nitrogen and oxygen atoms in total. The minimum absolute atomic E-state index is 0.310. The fraction of sp³-hybridized carbons (Fsp3) is 0.0833. The van der Waals surface area contributed by atoms with E-state index in [1.54, 1.807) is 6.07 Å². The molecule has 4 aromatic rings. The van der Waals surface area contributed by atoms with Crippen molar-refractivity contribution in [3.63, 3.8) is 0 Å². The molecule has 28 heavy (non-hydrogen) atoms. The Kier molecular flexibility index (Phi) is 4.77. The standard InChI is InChI=1S/C24H20N2O2/c25-23(27)22(14-16-9-10-17-5-1-3-7-19(17)13-16)26-24(28)21-12-11-18-6-2-4-8-20(18)15-21/h1-13,15,22H,14H2,(H2,25,27)(H,26,28)/t22-/m0/s1. The van der Waals surface area contributed by atoms with Gasteiger partial charge in [0.1, 0.15) is 6.04 Å². The Labute approximate surface area is 163 Å². The molecular weight excluding hydrogens is 348 g/mol. The molecule has 3 N–H and O–H groups in total. The maximum Gasteiger partial charge on any atom is 0.251 e. The van der Waals surface area contributed by atoms with E-state index in [4.69, 9.17) is 5.73 Å². The highest BCUT2D eigenvalue weighted by molar-refractivity contribution is 6.00. The number of nitrogens with two attached hydrogens (primary N) is 1. The normalized spacial score (nSPS) is 12.0. The summed E-state index contributed by atoms with van der Waals surface area (Å²) in [5, 5.41) is 7.02. The average molecular weight is 368 g/mol. The van der Waals surface area contributed by atoms with Crippen LogP contribution in [-0.2, 0) is 11.2 Å². The van der Waals surface area contributed by atoms with Crippen LogP contribution in [0.1, 0.15) is 15.9 Å². The van der Waals surface area contributed by atoms with Crippen LogP contribution < -0.4 is 11.1 Å². The molecule has 138 valence electrons. The first-order chi connectivity index (χ1) is 13.6. The number of primary amides is 1. The van der Waals surface area contributed by atoms with Gasteiger partial charge in [-0.1, -0.05) is 72.8 Å². The van der Waals surface area contributed by atoms with E-state index in [1.807, 2.05) is 78.9 Å². The number of carbonyl (C=O) groups is 2. The maximum atomic E-state index is 12.7. The van der Waals surface area contributed by atoms with Crippen LogP contribution in [0.15, 0.2) is 84.9 Å². The SMILES string of the molecule is NC(=O)[C@H](Cc1ccc2ccccc2c1)NC(=O)c1ccc2ccccc2c1. The number of rotatable bonds is 5. The molecule has 0 bridgehead atoms. The van der Waals surface area contributed by atoms with Crippen LogP contribution in [0, 0.1) is 0 Å². The van der Waals surface area contributed by atoms with Crippen LogP contribution in [0.25, 0.3) is 21.5 Å². The quantitative estimate of drug-likeness (QED) is 0.562. The zero-order valence-electron chi connectivity index (χ0n) is 15.3. The van der Waals surface area contributed by atoms with Crippen molar-refractivity contribution >= 4 is 33.4 Å². The van der Waals surface area contributed by atoms with Gasteiger partial charge in [0, 0.05) is 12.0 Å². The molecule has 0 aliphatic rings. The summed E-state index contributed by atoms with van der Waals surface area (Å²) in [5.41, 5.74) is 7.01. The summed E-state index contributed by atoms with van der Waals surface area (Å²) in [5.74, 6) is -0.863. The van der Waals surface area contributed by atoms with Gasteiger partial charge in [0.25, 0.3) is 5.91 Å². The van der Waals surface area contributed by atoms with Crippen molar-refractivity contribution in [2.45, 2.75) is 12.5 Å². The van der Waals surface area contributed by atoms with Gasteiger partial charge >= 0.3 is 0 Å². The molecule has 2 amide bonds. The van der Waals surface area contributed by atoms with Gasteiger partial charge in [-0.25, -0.2) is 0 Å². The number of hydrogen-bond donors (Lipinski definition) is 2. The molecule has 0 fully saturated rings. The van der Waals surface area contributed by atoms with Crippen molar-refractivity contribution in [1.82, 2.24) is 5.32 Å². The molecule has 0 unspecified atom stereocenters. The van der Waals surface area contributed by atoms with Crippen LogP contribution in [0.4, 0.5) is 0 Å². The molecule has 0 aliphatic carbocycles. The molecular formula is C24H20N2O2. The van der Waals surface area contributed by atoms with Gasteiger partial charge in [-0.15, -0.1) is 0 Å². The van der Waals surface area contributed by atoms with Crippen LogP contribution in [0.5, 0.6) is 0 Å². The van der Waals surface area contributed by atoms with Gasteiger partial charge in [0.05, 0.1) is 0 Å². The van der Waals surface area contributed by atoms with Gasteiger partial charge in [-0.3, -0.25) is 9.59 Å². The van der Waals surface area contributed by atoms with Crippen molar-refractivity contribution in [2.24, 2.45) is 5.73 Å². The first-order valence-corrected chi connectivity index (χ1v) is 9.17. The molecule has 0 radical (unpaired) electrons. The summed E-state index contributed by atoms with van der Waals surface area (Å²) in [6, 6.07) is 26.5. The predicted octanol–water partition coefficient (Wildman–Crippen LogP) is 3.82. The second-order valence-electron chi connectivity index (χ2n) is 6.88. The van der Waals surface area contributed by atoms with E-state index in [0.717, 1.165) is 27.1 Å². The Hall–Kier alpha value is -3.66. The van der Waals surface area contributed by atoms with E-state index >= 15 is 0 Å². The van der Waals surface area contributed by atoms with E-state index in [0.29, 0.717) is 12.0 Å². The monoisotopic (exact) mass is 368 g/mol. The van der Waals surface area contributed by atoms with Gasteiger partial charge in [0.15, 0.2) is 0 Å². The zero-order chi connectivity index (χ0) is 19.5. The lowest BCUT2D eigenvalue weighted by Gasteiger charge is -2.16.